The molecule has 0 fully saturated rings. The molecule has 3 aromatic rings. The fourth-order valence-electron chi connectivity index (χ4n) is 3.17. The number of fused-ring (bicyclic) bond motifs is 1. The van der Waals surface area contributed by atoms with Gasteiger partial charge in [0.05, 0.1) is 13.7 Å². The summed E-state index contributed by atoms with van der Waals surface area (Å²) >= 11 is 0. The molecule has 3 N–H and O–H groups in total. The number of para-hydroxylation sites is 1. The van der Waals surface area contributed by atoms with Gasteiger partial charge in [-0.1, -0.05) is 30.3 Å². The maximum absolute atomic E-state index is 11.2. The summed E-state index contributed by atoms with van der Waals surface area (Å²) in [6, 6.07) is 18.1. The van der Waals surface area contributed by atoms with Crippen molar-refractivity contribution < 1.29 is 9.53 Å². The Kier molecular flexibility index (Phi) is 10.2. The lowest BCUT2D eigenvalue weighted by atomic mass is 10.2. The summed E-state index contributed by atoms with van der Waals surface area (Å²) in [4.78, 5) is 15.9. The number of carbonyl (C=O) groups is 1. The van der Waals surface area contributed by atoms with Crippen LogP contribution in [-0.4, -0.2) is 36.8 Å². The number of amides is 1. The molecule has 0 radical (unpaired) electrons. The van der Waals surface area contributed by atoms with Gasteiger partial charge in [0, 0.05) is 37.0 Å². The summed E-state index contributed by atoms with van der Waals surface area (Å²) in [6.07, 6.45) is 2.66. The van der Waals surface area contributed by atoms with E-state index in [4.69, 9.17) is 0 Å². The van der Waals surface area contributed by atoms with E-state index in [9.17, 15) is 4.79 Å². The molecule has 166 valence electrons. The van der Waals surface area contributed by atoms with E-state index in [1.165, 1.54) is 18.0 Å². The van der Waals surface area contributed by atoms with Crippen molar-refractivity contribution in [1.29, 1.82) is 0 Å². The highest BCUT2D eigenvalue weighted by molar-refractivity contribution is 14.0. The molecule has 1 heterocycles. The third-order valence-corrected chi connectivity index (χ3v) is 4.70. The Morgan fingerprint density at radius 3 is 2.58 bits per heavy atom. The lowest BCUT2D eigenvalue weighted by Crippen LogP contribution is -2.38. The third kappa shape index (κ3) is 7.46. The Labute approximate surface area is 200 Å². The van der Waals surface area contributed by atoms with E-state index in [0.29, 0.717) is 12.2 Å². The van der Waals surface area contributed by atoms with E-state index >= 15 is 0 Å². The molecule has 0 atom stereocenters. The Morgan fingerprint density at radius 2 is 1.84 bits per heavy atom. The van der Waals surface area contributed by atoms with Gasteiger partial charge < -0.3 is 19.9 Å². The highest BCUT2D eigenvalue weighted by atomic mass is 127. The monoisotopic (exact) mass is 535 g/mol. The Hall–Kier alpha value is -2.75. The molecule has 0 aliphatic heterocycles. The number of halogens is 1. The molecular formula is C23H30IN5O2. The van der Waals surface area contributed by atoms with Gasteiger partial charge in [0.25, 0.3) is 0 Å². The first-order chi connectivity index (χ1) is 14.7. The van der Waals surface area contributed by atoms with Crippen molar-refractivity contribution in [3.8, 4) is 0 Å². The third-order valence-electron chi connectivity index (χ3n) is 4.70. The molecule has 31 heavy (non-hydrogen) atoms. The first kappa shape index (κ1) is 24.5. The zero-order valence-electron chi connectivity index (χ0n) is 17.9. The van der Waals surface area contributed by atoms with E-state index in [2.05, 4.69) is 73.7 Å². The highest BCUT2D eigenvalue weighted by Gasteiger charge is 2.02. The van der Waals surface area contributed by atoms with Gasteiger partial charge in [-0.2, -0.15) is 0 Å². The molecule has 8 heteroatoms. The highest BCUT2D eigenvalue weighted by Crippen LogP contribution is 2.15. The van der Waals surface area contributed by atoms with Crippen molar-refractivity contribution in [1.82, 2.24) is 15.2 Å². The molecular weight excluding hydrogens is 505 g/mol. The molecule has 0 saturated carbocycles. The first-order valence-electron chi connectivity index (χ1n) is 10.2. The van der Waals surface area contributed by atoms with E-state index < -0.39 is 6.09 Å². The molecule has 0 saturated heterocycles. The molecule has 0 spiro atoms. The number of guanidine groups is 1. The summed E-state index contributed by atoms with van der Waals surface area (Å²) in [7, 11) is 1.34. The van der Waals surface area contributed by atoms with Crippen LogP contribution in [0.4, 0.5) is 10.5 Å². The lowest BCUT2D eigenvalue weighted by Gasteiger charge is -2.12. The second-order valence-electron chi connectivity index (χ2n) is 6.86. The standard InChI is InChI=1S/C23H29N5O2.HI/c1-3-24-22(26-17-18-9-11-20(12-10-18)27-23(29)30-2)25-14-6-15-28-16-13-19-7-4-5-8-21(19)28;/h4-5,7-13,16H,3,6,14-15,17H2,1-2H3,(H,27,29)(H2,24,25,26);1H. The lowest BCUT2D eigenvalue weighted by molar-refractivity contribution is 0.187. The van der Waals surface area contributed by atoms with Crippen LogP contribution in [0.15, 0.2) is 65.8 Å². The molecule has 0 bridgehead atoms. The largest absolute Gasteiger partial charge is 0.453 e. The van der Waals surface area contributed by atoms with Crippen LogP contribution >= 0.6 is 24.0 Å². The molecule has 0 aliphatic rings. The quantitative estimate of drug-likeness (QED) is 0.171. The number of benzene rings is 2. The molecule has 2 aromatic carbocycles. The Balaban J connectivity index is 0.00000341. The summed E-state index contributed by atoms with van der Waals surface area (Å²) in [6.45, 7) is 5.19. The number of hydrogen-bond donors (Lipinski definition) is 3. The minimum atomic E-state index is -0.479. The topological polar surface area (TPSA) is 79.7 Å². The second kappa shape index (κ2) is 12.8. The maximum Gasteiger partial charge on any atom is 0.411 e. The summed E-state index contributed by atoms with van der Waals surface area (Å²) in [5, 5.41) is 10.6. The second-order valence-corrected chi connectivity index (χ2v) is 6.86. The number of carbonyl (C=O) groups excluding carboxylic acids is 1. The van der Waals surface area contributed by atoms with Gasteiger partial charge >= 0.3 is 6.09 Å². The predicted molar refractivity (Wildman–Crippen MR) is 137 cm³/mol. The fraction of sp³-hybridized carbons (Fsp3) is 0.304. The minimum Gasteiger partial charge on any atom is -0.453 e. The van der Waals surface area contributed by atoms with Crippen molar-refractivity contribution in [2.45, 2.75) is 26.4 Å². The smallest absolute Gasteiger partial charge is 0.411 e. The maximum atomic E-state index is 11.2. The number of nitrogens with zero attached hydrogens (tertiary/aromatic N) is 2. The number of anilines is 1. The molecule has 7 nitrogen and oxygen atoms in total. The van der Waals surface area contributed by atoms with E-state index in [-0.39, 0.29) is 24.0 Å². The molecule has 0 unspecified atom stereocenters. The number of rotatable bonds is 8. The number of hydrogen-bond acceptors (Lipinski definition) is 3. The molecule has 1 amide bonds. The van der Waals surface area contributed by atoms with Gasteiger partial charge in [0.2, 0.25) is 0 Å². The van der Waals surface area contributed by atoms with Crippen molar-refractivity contribution in [3.05, 3.63) is 66.4 Å². The van der Waals surface area contributed by atoms with Crippen LogP contribution in [0.2, 0.25) is 0 Å². The van der Waals surface area contributed by atoms with Gasteiger partial charge in [-0.15, -0.1) is 24.0 Å². The number of methoxy groups -OCH3 is 1. The Bertz CT molecular complexity index is 985. The van der Waals surface area contributed by atoms with Crippen molar-refractivity contribution in [2.24, 2.45) is 4.99 Å². The number of aliphatic imine (C=N–C) groups is 1. The van der Waals surface area contributed by atoms with Crippen molar-refractivity contribution in [3.63, 3.8) is 0 Å². The number of ether oxygens (including phenoxy) is 1. The zero-order valence-corrected chi connectivity index (χ0v) is 20.3. The zero-order chi connectivity index (χ0) is 21.2. The summed E-state index contributed by atoms with van der Waals surface area (Å²) < 4.78 is 6.87. The number of aromatic nitrogens is 1. The average molecular weight is 535 g/mol. The van der Waals surface area contributed by atoms with E-state index in [1.54, 1.807) is 0 Å². The fourth-order valence-corrected chi connectivity index (χ4v) is 3.17. The van der Waals surface area contributed by atoms with Gasteiger partial charge in [0.15, 0.2) is 5.96 Å². The van der Waals surface area contributed by atoms with E-state index in [0.717, 1.165) is 37.6 Å². The molecule has 1 aromatic heterocycles. The van der Waals surface area contributed by atoms with Gasteiger partial charge in [-0.3, -0.25) is 5.32 Å². The van der Waals surface area contributed by atoms with Crippen LogP contribution in [0.25, 0.3) is 10.9 Å². The number of aryl methyl sites for hydroxylation is 1. The number of nitrogens with one attached hydrogen (secondary N) is 3. The molecule has 0 aliphatic carbocycles. The summed E-state index contributed by atoms with van der Waals surface area (Å²) in [5.41, 5.74) is 3.02. The first-order valence-corrected chi connectivity index (χ1v) is 10.2. The van der Waals surface area contributed by atoms with Gasteiger partial charge in [-0.25, -0.2) is 9.79 Å². The van der Waals surface area contributed by atoms with E-state index in [1.807, 2.05) is 24.3 Å². The van der Waals surface area contributed by atoms with Crippen molar-refractivity contribution in [2.75, 3.05) is 25.5 Å². The van der Waals surface area contributed by atoms with Crippen LogP contribution in [0.5, 0.6) is 0 Å². The van der Waals surface area contributed by atoms with Crippen LogP contribution in [-0.2, 0) is 17.8 Å². The van der Waals surface area contributed by atoms with Crippen molar-refractivity contribution >= 4 is 52.6 Å². The minimum absolute atomic E-state index is 0. The SMILES string of the molecule is CCNC(=NCc1ccc(NC(=O)OC)cc1)NCCCn1ccc2ccccc21.I. The van der Waals surface area contributed by atoms with Crippen LogP contribution < -0.4 is 16.0 Å². The average Bonchev–Trinajstić information content (AvgIpc) is 3.19. The van der Waals surface area contributed by atoms with Gasteiger partial charge in [-0.05, 0) is 48.6 Å². The predicted octanol–water partition coefficient (Wildman–Crippen LogP) is 4.58. The van der Waals surface area contributed by atoms with Crippen LogP contribution in [0.3, 0.4) is 0 Å². The molecule has 3 rings (SSSR count). The van der Waals surface area contributed by atoms with Crippen LogP contribution in [0.1, 0.15) is 18.9 Å². The summed E-state index contributed by atoms with van der Waals surface area (Å²) in [5.74, 6) is 0.798. The van der Waals surface area contributed by atoms with Gasteiger partial charge in [0.1, 0.15) is 0 Å². The van der Waals surface area contributed by atoms with Crippen LogP contribution in [0, 0.1) is 0 Å². The Morgan fingerprint density at radius 1 is 1.06 bits per heavy atom. The normalized spacial score (nSPS) is 11.0.